The predicted molar refractivity (Wildman–Crippen MR) is 73.4 cm³/mol. The fourth-order valence-electron chi connectivity index (χ4n) is 2.07. The van der Waals surface area contributed by atoms with Crippen molar-refractivity contribution in [2.45, 2.75) is 26.2 Å². The number of esters is 1. The summed E-state index contributed by atoms with van der Waals surface area (Å²) in [7, 11) is 0. The van der Waals surface area contributed by atoms with Gasteiger partial charge in [-0.25, -0.2) is 0 Å². The number of rotatable bonds is 4. The van der Waals surface area contributed by atoms with Crippen molar-refractivity contribution < 1.29 is 9.53 Å². The lowest BCUT2D eigenvalue weighted by atomic mass is 9.85. The molecule has 0 aliphatic carbocycles. The zero-order valence-corrected chi connectivity index (χ0v) is 11.3. The molecule has 2 unspecified atom stereocenters. The number of hydrogen-bond acceptors (Lipinski definition) is 5. The first-order valence-electron chi connectivity index (χ1n) is 6.07. The van der Waals surface area contributed by atoms with Crippen molar-refractivity contribution in [1.29, 1.82) is 0 Å². The first-order valence-corrected chi connectivity index (χ1v) is 6.95. The molecule has 0 saturated heterocycles. The van der Waals surface area contributed by atoms with Crippen LogP contribution in [-0.2, 0) is 9.53 Å². The molecule has 2 rings (SSSR count). The second-order valence-corrected chi connectivity index (χ2v) is 4.96. The minimum absolute atomic E-state index is 0.0217. The summed E-state index contributed by atoms with van der Waals surface area (Å²) < 4.78 is 5.12. The van der Waals surface area contributed by atoms with Crippen LogP contribution in [0.5, 0.6) is 0 Å². The summed E-state index contributed by atoms with van der Waals surface area (Å²) in [6, 6.07) is 4.02. The standard InChI is InChI=1S/C13H16N2O2S/c1-3-10-12(11-6-5-7-18-11)9(8-14-15-10)13(16)17-4-2/h5-9,12H,3-4H2,1-2H3. The lowest BCUT2D eigenvalue weighted by Crippen LogP contribution is -2.32. The van der Waals surface area contributed by atoms with Crippen molar-refractivity contribution in [3.8, 4) is 0 Å². The van der Waals surface area contributed by atoms with Crippen molar-refractivity contribution in [2.24, 2.45) is 16.1 Å². The van der Waals surface area contributed by atoms with E-state index in [1.54, 1.807) is 17.6 Å². The van der Waals surface area contributed by atoms with Gasteiger partial charge >= 0.3 is 5.97 Å². The lowest BCUT2D eigenvalue weighted by Gasteiger charge is -2.24. The summed E-state index contributed by atoms with van der Waals surface area (Å²) in [5.74, 6) is -0.594. The second-order valence-electron chi connectivity index (χ2n) is 3.98. The van der Waals surface area contributed by atoms with Gasteiger partial charge in [0.25, 0.3) is 0 Å². The van der Waals surface area contributed by atoms with Crippen LogP contribution < -0.4 is 0 Å². The van der Waals surface area contributed by atoms with Crippen molar-refractivity contribution in [3.05, 3.63) is 22.4 Å². The summed E-state index contributed by atoms with van der Waals surface area (Å²) in [6.07, 6.45) is 2.39. The van der Waals surface area contributed by atoms with E-state index >= 15 is 0 Å². The number of thiophene rings is 1. The summed E-state index contributed by atoms with van der Waals surface area (Å²) in [5, 5.41) is 10.1. The Hall–Kier alpha value is -1.49. The lowest BCUT2D eigenvalue weighted by molar-refractivity contribution is -0.145. The van der Waals surface area contributed by atoms with E-state index in [0.29, 0.717) is 6.61 Å². The summed E-state index contributed by atoms with van der Waals surface area (Å²) in [6.45, 7) is 4.23. The van der Waals surface area contributed by atoms with Gasteiger partial charge in [-0.15, -0.1) is 11.3 Å². The molecule has 0 aromatic carbocycles. The summed E-state index contributed by atoms with van der Waals surface area (Å²) >= 11 is 1.64. The van der Waals surface area contributed by atoms with Crippen molar-refractivity contribution in [1.82, 2.24) is 0 Å². The predicted octanol–water partition coefficient (Wildman–Crippen LogP) is 2.86. The molecule has 0 N–H and O–H groups in total. The third-order valence-electron chi connectivity index (χ3n) is 2.90. The molecule has 0 radical (unpaired) electrons. The van der Waals surface area contributed by atoms with Crippen LogP contribution in [0.3, 0.4) is 0 Å². The molecule has 2 heterocycles. The van der Waals surface area contributed by atoms with Gasteiger partial charge in [-0.1, -0.05) is 13.0 Å². The smallest absolute Gasteiger partial charge is 0.315 e. The molecular formula is C13H16N2O2S. The van der Waals surface area contributed by atoms with Gasteiger partial charge in [0.2, 0.25) is 0 Å². The third-order valence-corrected chi connectivity index (χ3v) is 3.86. The van der Waals surface area contributed by atoms with E-state index in [1.807, 2.05) is 31.4 Å². The molecule has 4 nitrogen and oxygen atoms in total. The minimum Gasteiger partial charge on any atom is -0.465 e. The topological polar surface area (TPSA) is 51.0 Å². The van der Waals surface area contributed by atoms with Gasteiger partial charge < -0.3 is 4.74 Å². The average Bonchev–Trinajstić information content (AvgIpc) is 2.91. The molecule has 18 heavy (non-hydrogen) atoms. The molecule has 0 fully saturated rings. The molecular weight excluding hydrogens is 248 g/mol. The van der Waals surface area contributed by atoms with Crippen LogP contribution in [0.1, 0.15) is 31.1 Å². The van der Waals surface area contributed by atoms with Crippen LogP contribution in [0.15, 0.2) is 27.7 Å². The van der Waals surface area contributed by atoms with E-state index in [1.165, 1.54) is 0 Å². The molecule has 0 bridgehead atoms. The van der Waals surface area contributed by atoms with Gasteiger partial charge in [-0.2, -0.15) is 10.2 Å². The molecule has 5 heteroatoms. The maximum atomic E-state index is 12.0. The Morgan fingerprint density at radius 1 is 1.50 bits per heavy atom. The van der Waals surface area contributed by atoms with E-state index in [-0.39, 0.29) is 17.8 Å². The Labute approximate surface area is 110 Å². The summed E-state index contributed by atoms with van der Waals surface area (Å²) in [4.78, 5) is 13.1. The molecule has 1 aliphatic heterocycles. The van der Waals surface area contributed by atoms with Gasteiger partial charge in [0.1, 0.15) is 5.92 Å². The zero-order valence-electron chi connectivity index (χ0n) is 10.5. The first kappa shape index (κ1) is 13.0. The number of ether oxygens (including phenoxy) is 1. The molecule has 0 amide bonds. The first-order chi connectivity index (χ1) is 8.77. The Morgan fingerprint density at radius 2 is 2.33 bits per heavy atom. The van der Waals surface area contributed by atoms with Crippen molar-refractivity contribution >= 4 is 29.2 Å². The molecule has 1 aromatic heterocycles. The van der Waals surface area contributed by atoms with E-state index < -0.39 is 0 Å². The highest BCUT2D eigenvalue weighted by Gasteiger charge is 2.35. The molecule has 1 aliphatic rings. The van der Waals surface area contributed by atoms with Gasteiger partial charge in [-0.3, -0.25) is 4.79 Å². The monoisotopic (exact) mass is 264 g/mol. The van der Waals surface area contributed by atoms with Gasteiger partial charge in [0, 0.05) is 16.8 Å². The highest BCUT2D eigenvalue weighted by Crippen LogP contribution is 2.33. The van der Waals surface area contributed by atoms with E-state index in [9.17, 15) is 4.79 Å². The van der Waals surface area contributed by atoms with Gasteiger partial charge in [-0.05, 0) is 24.8 Å². The molecule has 0 saturated carbocycles. The molecule has 0 spiro atoms. The maximum Gasteiger partial charge on any atom is 0.315 e. The molecule has 96 valence electrons. The Bertz CT molecular complexity index is 465. The average molecular weight is 264 g/mol. The van der Waals surface area contributed by atoms with Crippen LogP contribution in [0.25, 0.3) is 0 Å². The van der Waals surface area contributed by atoms with Crippen LogP contribution in [-0.4, -0.2) is 24.5 Å². The van der Waals surface area contributed by atoms with Crippen LogP contribution >= 0.6 is 11.3 Å². The Morgan fingerprint density at radius 3 is 2.94 bits per heavy atom. The number of carbonyl (C=O) groups is 1. The third kappa shape index (κ3) is 2.51. The normalized spacial score (nSPS) is 22.7. The highest BCUT2D eigenvalue weighted by molar-refractivity contribution is 7.10. The number of nitrogens with zero attached hydrogens (tertiary/aromatic N) is 2. The second kappa shape index (κ2) is 5.91. The Kier molecular flexibility index (Phi) is 4.25. The van der Waals surface area contributed by atoms with Crippen molar-refractivity contribution in [2.75, 3.05) is 6.61 Å². The maximum absolute atomic E-state index is 12.0. The fraction of sp³-hybridized carbons (Fsp3) is 0.462. The van der Waals surface area contributed by atoms with Crippen molar-refractivity contribution in [3.63, 3.8) is 0 Å². The minimum atomic E-state index is -0.351. The SMILES string of the molecule is CCOC(=O)C1C=NN=C(CC)C1c1cccs1. The van der Waals surface area contributed by atoms with Gasteiger partial charge in [0.15, 0.2) is 0 Å². The van der Waals surface area contributed by atoms with E-state index in [2.05, 4.69) is 10.2 Å². The van der Waals surface area contributed by atoms with E-state index in [0.717, 1.165) is 17.0 Å². The Balaban J connectivity index is 2.31. The number of carbonyl (C=O) groups excluding carboxylic acids is 1. The highest BCUT2D eigenvalue weighted by atomic mass is 32.1. The molecule has 1 aromatic rings. The van der Waals surface area contributed by atoms with Gasteiger partial charge in [0.05, 0.1) is 12.5 Å². The largest absolute Gasteiger partial charge is 0.465 e. The van der Waals surface area contributed by atoms with E-state index in [4.69, 9.17) is 4.74 Å². The zero-order chi connectivity index (χ0) is 13.0. The molecule has 2 atom stereocenters. The summed E-state index contributed by atoms with van der Waals surface area (Å²) in [5.41, 5.74) is 0.943. The van der Waals surface area contributed by atoms with Crippen LogP contribution in [0, 0.1) is 5.92 Å². The quantitative estimate of drug-likeness (QED) is 0.785. The number of hydrogen-bond donors (Lipinski definition) is 0. The van der Waals surface area contributed by atoms with Crippen LogP contribution in [0.4, 0.5) is 0 Å². The van der Waals surface area contributed by atoms with Crippen LogP contribution in [0.2, 0.25) is 0 Å². The fourth-order valence-corrected chi connectivity index (χ4v) is 2.97.